The Hall–Kier alpha value is -1.05. The third kappa shape index (κ3) is 1.93. The van der Waals surface area contributed by atoms with Gasteiger partial charge in [-0.15, -0.1) is 0 Å². The second kappa shape index (κ2) is 2.91. The Morgan fingerprint density at radius 3 is 1.91 bits per heavy atom. The molecule has 0 bridgehead atoms. The minimum absolute atomic E-state index is 1.08. The minimum Gasteiger partial charge on any atom is -0.378 e. The average Bonchev–Trinajstić information content (AvgIpc) is 1.85. The van der Waals surface area contributed by atoms with Gasteiger partial charge in [0.1, 0.15) is 0 Å². The molecule has 0 aromatic carbocycles. The molecule has 2 nitrogen and oxygen atoms in total. The molecule has 0 spiro atoms. The third-order valence-corrected chi connectivity index (χ3v) is 1.58. The van der Waals surface area contributed by atoms with Crippen LogP contribution in [0.1, 0.15) is 11.4 Å². The summed E-state index contributed by atoms with van der Waals surface area (Å²) in [6.45, 7) is 4.03. The number of anilines is 1. The van der Waals surface area contributed by atoms with Gasteiger partial charge in [-0.25, -0.2) is 0 Å². The fourth-order valence-corrected chi connectivity index (χ4v) is 1.07. The van der Waals surface area contributed by atoms with Crippen molar-refractivity contribution >= 4 is 5.69 Å². The summed E-state index contributed by atoms with van der Waals surface area (Å²) < 4.78 is 0. The van der Waals surface area contributed by atoms with Gasteiger partial charge in [0.05, 0.1) is 0 Å². The zero-order valence-electron chi connectivity index (χ0n) is 7.55. The molecule has 0 aliphatic carbocycles. The van der Waals surface area contributed by atoms with E-state index in [9.17, 15) is 0 Å². The molecule has 60 valence electrons. The number of hydrogen-bond acceptors (Lipinski definition) is 2. The van der Waals surface area contributed by atoms with Gasteiger partial charge < -0.3 is 4.90 Å². The Morgan fingerprint density at radius 2 is 1.55 bits per heavy atom. The minimum atomic E-state index is 1.08. The SMILES string of the molecule is Cc1cc(N(C)C)cc(C)n1. The van der Waals surface area contributed by atoms with Crippen LogP contribution in [0.5, 0.6) is 0 Å². The van der Waals surface area contributed by atoms with Crippen molar-refractivity contribution in [2.45, 2.75) is 13.8 Å². The number of pyridine rings is 1. The molecule has 0 unspecified atom stereocenters. The number of aromatic nitrogens is 1. The molecule has 0 amide bonds. The van der Waals surface area contributed by atoms with Crippen molar-refractivity contribution in [2.24, 2.45) is 0 Å². The monoisotopic (exact) mass is 150 g/mol. The van der Waals surface area contributed by atoms with Crippen LogP contribution in [0, 0.1) is 13.8 Å². The van der Waals surface area contributed by atoms with Crippen LogP contribution in [0.2, 0.25) is 0 Å². The molecule has 0 aliphatic rings. The molecule has 11 heavy (non-hydrogen) atoms. The van der Waals surface area contributed by atoms with Gasteiger partial charge in [0.25, 0.3) is 0 Å². The van der Waals surface area contributed by atoms with Gasteiger partial charge >= 0.3 is 0 Å². The Kier molecular flexibility index (Phi) is 2.13. The first-order valence-corrected chi connectivity index (χ1v) is 3.72. The maximum atomic E-state index is 4.29. The molecule has 0 saturated carbocycles. The van der Waals surface area contributed by atoms with E-state index in [4.69, 9.17) is 0 Å². The van der Waals surface area contributed by atoms with Gasteiger partial charge in [0.15, 0.2) is 0 Å². The van der Waals surface area contributed by atoms with E-state index in [1.54, 1.807) is 0 Å². The normalized spacial score (nSPS) is 9.82. The third-order valence-electron chi connectivity index (χ3n) is 1.58. The van der Waals surface area contributed by atoms with Crippen LogP contribution in [0.3, 0.4) is 0 Å². The maximum Gasteiger partial charge on any atom is 0.0397 e. The van der Waals surface area contributed by atoms with Crippen molar-refractivity contribution < 1.29 is 0 Å². The number of hydrogen-bond donors (Lipinski definition) is 0. The lowest BCUT2D eigenvalue weighted by Crippen LogP contribution is -2.09. The van der Waals surface area contributed by atoms with E-state index in [0.717, 1.165) is 11.4 Å². The molecule has 1 rings (SSSR count). The van der Waals surface area contributed by atoms with E-state index in [1.807, 2.05) is 27.9 Å². The Morgan fingerprint density at radius 1 is 1.09 bits per heavy atom. The molecule has 0 aliphatic heterocycles. The Balaban J connectivity index is 3.08. The molecule has 0 fully saturated rings. The molecule has 1 aromatic rings. The van der Waals surface area contributed by atoms with E-state index in [1.165, 1.54) is 5.69 Å². The van der Waals surface area contributed by atoms with Crippen molar-refractivity contribution in [1.29, 1.82) is 0 Å². The standard InChI is InChI=1S/C9H14N2/c1-7-5-9(11(3)4)6-8(2)10-7/h5-6H,1-4H3. The molecule has 0 N–H and O–H groups in total. The topological polar surface area (TPSA) is 16.1 Å². The fraction of sp³-hybridized carbons (Fsp3) is 0.444. The van der Waals surface area contributed by atoms with Crippen LogP contribution in [0.15, 0.2) is 12.1 Å². The highest BCUT2D eigenvalue weighted by Crippen LogP contribution is 2.12. The summed E-state index contributed by atoms with van der Waals surface area (Å²) in [6.07, 6.45) is 0. The van der Waals surface area contributed by atoms with E-state index in [0.29, 0.717) is 0 Å². The number of rotatable bonds is 1. The van der Waals surface area contributed by atoms with Gasteiger partial charge in [0.2, 0.25) is 0 Å². The van der Waals surface area contributed by atoms with E-state index in [-0.39, 0.29) is 0 Å². The summed E-state index contributed by atoms with van der Waals surface area (Å²) in [5.41, 5.74) is 3.37. The molecular formula is C9H14N2. The zero-order valence-corrected chi connectivity index (χ0v) is 7.55. The first-order valence-electron chi connectivity index (χ1n) is 3.72. The highest BCUT2D eigenvalue weighted by molar-refractivity contribution is 5.46. The fourth-order valence-electron chi connectivity index (χ4n) is 1.07. The second-order valence-electron chi connectivity index (χ2n) is 3.00. The zero-order chi connectivity index (χ0) is 8.43. The highest BCUT2D eigenvalue weighted by atomic mass is 15.1. The van der Waals surface area contributed by atoms with Crippen LogP contribution in [0.4, 0.5) is 5.69 Å². The van der Waals surface area contributed by atoms with E-state index in [2.05, 4.69) is 22.0 Å². The largest absolute Gasteiger partial charge is 0.378 e. The van der Waals surface area contributed by atoms with Gasteiger partial charge in [-0.05, 0) is 26.0 Å². The Bertz CT molecular complexity index is 233. The van der Waals surface area contributed by atoms with Crippen molar-refractivity contribution in [3.8, 4) is 0 Å². The van der Waals surface area contributed by atoms with Gasteiger partial charge in [-0.3, -0.25) is 4.98 Å². The number of aryl methyl sites for hydroxylation is 2. The van der Waals surface area contributed by atoms with Crippen LogP contribution in [0.25, 0.3) is 0 Å². The van der Waals surface area contributed by atoms with Crippen LogP contribution >= 0.6 is 0 Å². The summed E-state index contributed by atoms with van der Waals surface area (Å²) in [7, 11) is 4.07. The number of nitrogens with zero attached hydrogens (tertiary/aromatic N) is 2. The quantitative estimate of drug-likeness (QED) is 0.606. The predicted octanol–water partition coefficient (Wildman–Crippen LogP) is 1.76. The Labute approximate surface area is 67.9 Å². The lowest BCUT2D eigenvalue weighted by atomic mass is 10.3. The van der Waals surface area contributed by atoms with Crippen molar-refractivity contribution in [3.63, 3.8) is 0 Å². The van der Waals surface area contributed by atoms with E-state index < -0.39 is 0 Å². The summed E-state index contributed by atoms with van der Waals surface area (Å²) >= 11 is 0. The van der Waals surface area contributed by atoms with Gasteiger partial charge in [0, 0.05) is 31.2 Å². The predicted molar refractivity (Wildman–Crippen MR) is 48.0 cm³/mol. The molecule has 1 heterocycles. The van der Waals surface area contributed by atoms with Crippen LogP contribution < -0.4 is 4.90 Å². The molecule has 0 radical (unpaired) electrons. The maximum absolute atomic E-state index is 4.29. The molecule has 0 saturated heterocycles. The molecule has 0 atom stereocenters. The molecular weight excluding hydrogens is 136 g/mol. The summed E-state index contributed by atoms with van der Waals surface area (Å²) in [4.78, 5) is 6.38. The van der Waals surface area contributed by atoms with Crippen LogP contribution in [-0.2, 0) is 0 Å². The average molecular weight is 150 g/mol. The second-order valence-corrected chi connectivity index (χ2v) is 3.00. The first kappa shape index (κ1) is 8.05. The van der Waals surface area contributed by atoms with E-state index >= 15 is 0 Å². The van der Waals surface area contributed by atoms with Crippen molar-refractivity contribution in [3.05, 3.63) is 23.5 Å². The van der Waals surface area contributed by atoms with Crippen molar-refractivity contribution in [2.75, 3.05) is 19.0 Å². The molecule has 1 aromatic heterocycles. The smallest absolute Gasteiger partial charge is 0.0397 e. The lowest BCUT2D eigenvalue weighted by Gasteiger charge is -2.13. The van der Waals surface area contributed by atoms with Gasteiger partial charge in [-0.1, -0.05) is 0 Å². The summed E-state index contributed by atoms with van der Waals surface area (Å²) in [5, 5.41) is 0. The first-order chi connectivity index (χ1) is 5.09. The summed E-state index contributed by atoms with van der Waals surface area (Å²) in [6, 6.07) is 4.15. The van der Waals surface area contributed by atoms with Crippen molar-refractivity contribution in [1.82, 2.24) is 4.98 Å². The lowest BCUT2D eigenvalue weighted by molar-refractivity contribution is 1.07. The van der Waals surface area contributed by atoms with Crippen LogP contribution in [-0.4, -0.2) is 19.1 Å². The molecule has 2 heteroatoms. The van der Waals surface area contributed by atoms with Gasteiger partial charge in [-0.2, -0.15) is 0 Å². The summed E-state index contributed by atoms with van der Waals surface area (Å²) in [5.74, 6) is 0. The highest BCUT2D eigenvalue weighted by Gasteiger charge is 1.96.